The van der Waals surface area contributed by atoms with Crippen LogP contribution >= 0.6 is 0 Å². The summed E-state index contributed by atoms with van der Waals surface area (Å²) in [7, 11) is -1.12. The molecule has 0 unspecified atom stereocenters. The fraction of sp³-hybridized carbons (Fsp3) is 0.588. The summed E-state index contributed by atoms with van der Waals surface area (Å²) < 4.78 is 23.0. The third-order valence-corrected chi connectivity index (χ3v) is 6.69. The topological polar surface area (TPSA) is 57.7 Å². The van der Waals surface area contributed by atoms with E-state index in [2.05, 4.69) is 4.90 Å². The number of sulfone groups is 1. The number of anilines is 1. The molecule has 0 saturated carbocycles. The lowest BCUT2D eigenvalue weighted by atomic mass is 10.1. The molecule has 0 aromatic heterocycles. The second kappa shape index (κ2) is 6.51. The van der Waals surface area contributed by atoms with Crippen LogP contribution in [0.4, 0.5) is 5.69 Å². The number of carbonyl (C=O) groups is 1. The van der Waals surface area contributed by atoms with Crippen molar-refractivity contribution in [2.75, 3.05) is 36.5 Å². The first-order valence-electron chi connectivity index (χ1n) is 8.29. The van der Waals surface area contributed by atoms with Crippen molar-refractivity contribution in [3.8, 4) is 0 Å². The standard InChI is InChI=1S/C17H24N2O3S/c1-18(15-8-12-23(21,22)13-9-15)17(20)14-4-6-16(7-5-14)19-10-2-3-11-19/h4-7,15H,2-3,8-13H2,1H3. The molecule has 1 amide bonds. The summed E-state index contributed by atoms with van der Waals surface area (Å²) in [6, 6.07) is 7.80. The summed E-state index contributed by atoms with van der Waals surface area (Å²) in [6.07, 6.45) is 3.54. The molecule has 1 aromatic carbocycles. The average Bonchev–Trinajstić information content (AvgIpc) is 3.08. The quantitative estimate of drug-likeness (QED) is 0.846. The Kier molecular flexibility index (Phi) is 4.62. The lowest BCUT2D eigenvalue weighted by molar-refractivity contribution is 0.0722. The predicted octanol–water partition coefficient (Wildman–Crippen LogP) is 1.94. The van der Waals surface area contributed by atoms with E-state index in [1.54, 1.807) is 11.9 Å². The largest absolute Gasteiger partial charge is 0.372 e. The van der Waals surface area contributed by atoms with Crippen LogP contribution < -0.4 is 4.90 Å². The highest BCUT2D eigenvalue weighted by atomic mass is 32.2. The zero-order valence-electron chi connectivity index (χ0n) is 13.6. The molecule has 2 saturated heterocycles. The van der Waals surface area contributed by atoms with Gasteiger partial charge < -0.3 is 9.80 Å². The summed E-state index contributed by atoms with van der Waals surface area (Å²) in [6.45, 7) is 2.17. The van der Waals surface area contributed by atoms with Gasteiger partial charge in [-0.25, -0.2) is 8.42 Å². The predicted molar refractivity (Wildman–Crippen MR) is 91.7 cm³/mol. The van der Waals surface area contributed by atoms with Crippen LogP contribution in [0.2, 0.25) is 0 Å². The van der Waals surface area contributed by atoms with Crippen LogP contribution in [0.1, 0.15) is 36.0 Å². The van der Waals surface area contributed by atoms with Crippen LogP contribution in [0.3, 0.4) is 0 Å². The van der Waals surface area contributed by atoms with Gasteiger partial charge in [-0.3, -0.25) is 4.79 Å². The first-order chi connectivity index (χ1) is 11.0. The monoisotopic (exact) mass is 336 g/mol. The fourth-order valence-corrected chi connectivity index (χ4v) is 4.89. The van der Waals surface area contributed by atoms with Crippen molar-refractivity contribution in [1.82, 2.24) is 4.90 Å². The second-order valence-corrected chi connectivity index (χ2v) is 8.84. The van der Waals surface area contributed by atoms with Gasteiger partial charge in [-0.2, -0.15) is 0 Å². The maximum Gasteiger partial charge on any atom is 0.253 e. The van der Waals surface area contributed by atoms with Crippen molar-refractivity contribution >= 4 is 21.4 Å². The molecule has 126 valence electrons. The molecule has 0 bridgehead atoms. The van der Waals surface area contributed by atoms with E-state index in [1.165, 1.54) is 18.5 Å². The zero-order chi connectivity index (χ0) is 16.4. The summed E-state index contributed by atoms with van der Waals surface area (Å²) in [5, 5.41) is 0. The number of amides is 1. The molecule has 1 aromatic rings. The summed E-state index contributed by atoms with van der Waals surface area (Å²) in [4.78, 5) is 16.6. The van der Waals surface area contributed by atoms with Gasteiger partial charge in [0.05, 0.1) is 11.5 Å². The van der Waals surface area contributed by atoms with Gasteiger partial charge >= 0.3 is 0 Å². The lowest BCUT2D eigenvalue weighted by Gasteiger charge is -2.31. The maximum atomic E-state index is 12.6. The Morgan fingerprint density at radius 1 is 1.09 bits per heavy atom. The first kappa shape index (κ1) is 16.3. The van der Waals surface area contributed by atoms with Gasteiger partial charge in [0.25, 0.3) is 5.91 Å². The van der Waals surface area contributed by atoms with Crippen LogP contribution in [0.5, 0.6) is 0 Å². The van der Waals surface area contributed by atoms with E-state index in [0.29, 0.717) is 18.4 Å². The van der Waals surface area contributed by atoms with Gasteiger partial charge in [-0.15, -0.1) is 0 Å². The smallest absolute Gasteiger partial charge is 0.253 e. The molecule has 2 aliphatic heterocycles. The van der Waals surface area contributed by atoms with Gasteiger partial charge in [0.15, 0.2) is 0 Å². The molecule has 0 spiro atoms. The SMILES string of the molecule is CN(C(=O)c1ccc(N2CCCC2)cc1)C1CCS(=O)(=O)CC1. The highest BCUT2D eigenvalue weighted by Crippen LogP contribution is 2.22. The molecule has 0 N–H and O–H groups in total. The first-order valence-corrected chi connectivity index (χ1v) is 10.1. The summed E-state index contributed by atoms with van der Waals surface area (Å²) in [5.74, 6) is 0.342. The minimum Gasteiger partial charge on any atom is -0.372 e. The van der Waals surface area contributed by atoms with E-state index in [4.69, 9.17) is 0 Å². The Labute approximate surface area is 138 Å². The van der Waals surface area contributed by atoms with Crippen molar-refractivity contribution in [3.05, 3.63) is 29.8 Å². The zero-order valence-corrected chi connectivity index (χ0v) is 14.4. The minimum atomic E-state index is -2.90. The molecule has 23 heavy (non-hydrogen) atoms. The molecule has 2 aliphatic rings. The van der Waals surface area contributed by atoms with E-state index in [1.807, 2.05) is 24.3 Å². The van der Waals surface area contributed by atoms with Crippen LogP contribution in [0, 0.1) is 0 Å². The van der Waals surface area contributed by atoms with Gasteiger partial charge in [0.2, 0.25) is 0 Å². The van der Waals surface area contributed by atoms with Crippen LogP contribution in [-0.2, 0) is 9.84 Å². The Morgan fingerprint density at radius 2 is 1.65 bits per heavy atom. The third kappa shape index (κ3) is 3.68. The van der Waals surface area contributed by atoms with Crippen molar-refractivity contribution < 1.29 is 13.2 Å². The second-order valence-electron chi connectivity index (χ2n) is 6.54. The molecule has 0 radical (unpaired) electrons. The summed E-state index contributed by atoms with van der Waals surface area (Å²) >= 11 is 0. The molecule has 3 rings (SSSR count). The van der Waals surface area contributed by atoms with Crippen LogP contribution in [-0.4, -0.2) is 56.9 Å². The highest BCUT2D eigenvalue weighted by molar-refractivity contribution is 7.91. The van der Waals surface area contributed by atoms with E-state index < -0.39 is 9.84 Å². The van der Waals surface area contributed by atoms with Gasteiger partial charge in [-0.1, -0.05) is 0 Å². The van der Waals surface area contributed by atoms with Gasteiger partial charge in [0, 0.05) is 37.4 Å². The van der Waals surface area contributed by atoms with E-state index in [-0.39, 0.29) is 23.5 Å². The minimum absolute atomic E-state index is 0.0179. The average molecular weight is 336 g/mol. The normalized spacial score (nSPS) is 21.3. The Morgan fingerprint density at radius 3 is 2.22 bits per heavy atom. The lowest BCUT2D eigenvalue weighted by Crippen LogP contribution is -2.42. The van der Waals surface area contributed by atoms with E-state index in [9.17, 15) is 13.2 Å². The Hall–Kier alpha value is -1.56. The molecule has 5 nitrogen and oxygen atoms in total. The van der Waals surface area contributed by atoms with Crippen LogP contribution in [0.25, 0.3) is 0 Å². The highest BCUT2D eigenvalue weighted by Gasteiger charge is 2.29. The summed E-state index contributed by atoms with van der Waals surface area (Å²) in [5.41, 5.74) is 1.84. The fourth-order valence-electron chi connectivity index (χ4n) is 3.42. The molecule has 2 heterocycles. The number of nitrogens with zero attached hydrogens (tertiary/aromatic N) is 2. The molecular formula is C17H24N2O3S. The van der Waals surface area contributed by atoms with Crippen molar-refractivity contribution in [2.45, 2.75) is 31.7 Å². The van der Waals surface area contributed by atoms with Crippen molar-refractivity contribution in [3.63, 3.8) is 0 Å². The number of hydrogen-bond donors (Lipinski definition) is 0. The third-order valence-electron chi connectivity index (χ3n) is 4.98. The molecule has 6 heteroatoms. The number of rotatable bonds is 3. The Bertz CT molecular complexity index is 650. The van der Waals surface area contributed by atoms with Crippen molar-refractivity contribution in [2.24, 2.45) is 0 Å². The van der Waals surface area contributed by atoms with E-state index in [0.717, 1.165) is 13.1 Å². The maximum absolute atomic E-state index is 12.6. The van der Waals surface area contributed by atoms with Gasteiger partial charge in [0.1, 0.15) is 9.84 Å². The number of hydrogen-bond acceptors (Lipinski definition) is 4. The molecular weight excluding hydrogens is 312 g/mol. The molecule has 0 atom stereocenters. The van der Waals surface area contributed by atoms with E-state index >= 15 is 0 Å². The molecule has 2 fully saturated rings. The van der Waals surface area contributed by atoms with Crippen molar-refractivity contribution in [1.29, 1.82) is 0 Å². The van der Waals surface area contributed by atoms with Gasteiger partial charge in [-0.05, 0) is 49.9 Å². The number of carbonyl (C=O) groups excluding carboxylic acids is 1. The molecule has 0 aliphatic carbocycles. The number of benzene rings is 1. The Balaban J connectivity index is 1.65. The van der Waals surface area contributed by atoms with Crippen LogP contribution in [0.15, 0.2) is 24.3 Å².